The van der Waals surface area contributed by atoms with E-state index in [-0.39, 0.29) is 0 Å². The highest BCUT2D eigenvalue weighted by Gasteiger charge is 2.21. The van der Waals surface area contributed by atoms with Gasteiger partial charge in [0.15, 0.2) is 0 Å². The molecule has 0 amide bonds. The summed E-state index contributed by atoms with van der Waals surface area (Å²) in [5.41, 5.74) is 3.68. The third-order valence-electron chi connectivity index (χ3n) is 3.90. The molecule has 2 rings (SSSR count). The fraction of sp³-hybridized carbons (Fsp3) is 0.846. The van der Waals surface area contributed by atoms with E-state index in [0.29, 0.717) is 0 Å². The molecule has 80 valence electrons. The summed E-state index contributed by atoms with van der Waals surface area (Å²) in [6, 6.07) is 0. The van der Waals surface area contributed by atoms with Crippen molar-refractivity contribution in [1.82, 2.24) is 5.32 Å². The van der Waals surface area contributed by atoms with Crippen molar-refractivity contribution in [3.8, 4) is 0 Å². The molecule has 0 bridgehead atoms. The highest BCUT2D eigenvalue weighted by atomic mass is 14.9. The van der Waals surface area contributed by atoms with Gasteiger partial charge in [-0.1, -0.05) is 24.5 Å². The topological polar surface area (TPSA) is 12.0 Å². The number of piperidine rings is 1. The average Bonchev–Trinajstić information content (AvgIpc) is 2.30. The zero-order valence-corrected chi connectivity index (χ0v) is 9.44. The van der Waals surface area contributed by atoms with Crippen LogP contribution in [0.5, 0.6) is 0 Å². The van der Waals surface area contributed by atoms with Gasteiger partial charge >= 0.3 is 0 Å². The molecule has 14 heavy (non-hydrogen) atoms. The molecule has 1 saturated carbocycles. The highest BCUT2D eigenvalue weighted by Crippen LogP contribution is 2.35. The second kappa shape index (κ2) is 4.97. The van der Waals surface area contributed by atoms with Gasteiger partial charge in [-0.2, -0.15) is 0 Å². The molecule has 1 unspecified atom stereocenters. The molecular formula is C13H23N. The molecule has 0 aromatic carbocycles. The molecule has 2 fully saturated rings. The minimum absolute atomic E-state index is 0.942. The van der Waals surface area contributed by atoms with Crippen LogP contribution in [0.3, 0.4) is 0 Å². The van der Waals surface area contributed by atoms with E-state index in [0.717, 1.165) is 5.92 Å². The second-order valence-corrected chi connectivity index (χ2v) is 4.73. The van der Waals surface area contributed by atoms with Gasteiger partial charge in [-0.25, -0.2) is 0 Å². The van der Waals surface area contributed by atoms with Crippen LogP contribution in [0.15, 0.2) is 11.1 Å². The van der Waals surface area contributed by atoms with Crippen molar-refractivity contribution in [2.75, 3.05) is 13.1 Å². The van der Waals surface area contributed by atoms with Crippen molar-refractivity contribution in [2.45, 2.75) is 51.9 Å². The van der Waals surface area contributed by atoms with E-state index in [1.807, 2.05) is 11.1 Å². The van der Waals surface area contributed by atoms with Crippen LogP contribution in [0, 0.1) is 5.92 Å². The summed E-state index contributed by atoms with van der Waals surface area (Å²) < 4.78 is 0. The quantitative estimate of drug-likeness (QED) is 0.630. The molecule has 1 atom stereocenters. The largest absolute Gasteiger partial charge is 0.316 e. The maximum Gasteiger partial charge on any atom is -0.00114 e. The van der Waals surface area contributed by atoms with Crippen LogP contribution in [0.25, 0.3) is 0 Å². The van der Waals surface area contributed by atoms with Crippen molar-refractivity contribution >= 4 is 0 Å². The fourth-order valence-corrected chi connectivity index (χ4v) is 3.05. The molecule has 1 aliphatic carbocycles. The van der Waals surface area contributed by atoms with Crippen molar-refractivity contribution < 1.29 is 0 Å². The third-order valence-corrected chi connectivity index (χ3v) is 3.90. The smallest absolute Gasteiger partial charge is 0.00114 e. The zero-order valence-electron chi connectivity index (χ0n) is 9.44. The molecule has 1 nitrogen and oxygen atoms in total. The molecule has 0 radical (unpaired) electrons. The van der Waals surface area contributed by atoms with E-state index < -0.39 is 0 Å². The summed E-state index contributed by atoms with van der Waals surface area (Å²) in [7, 11) is 0. The molecule has 0 aromatic heterocycles. The molecule has 2 aliphatic rings. The molecule has 1 N–H and O–H groups in total. The Morgan fingerprint density at radius 1 is 1.14 bits per heavy atom. The maximum atomic E-state index is 3.45. The Morgan fingerprint density at radius 2 is 1.93 bits per heavy atom. The fourth-order valence-electron chi connectivity index (χ4n) is 3.05. The lowest BCUT2D eigenvalue weighted by molar-refractivity contribution is 0.429. The van der Waals surface area contributed by atoms with E-state index in [1.54, 1.807) is 0 Å². The number of nitrogens with one attached hydrogen (secondary N) is 1. The lowest BCUT2D eigenvalue weighted by Gasteiger charge is -2.29. The van der Waals surface area contributed by atoms with Crippen molar-refractivity contribution in [3.63, 3.8) is 0 Å². The summed E-state index contributed by atoms with van der Waals surface area (Å²) in [5, 5.41) is 3.45. The molecule has 0 aromatic rings. The van der Waals surface area contributed by atoms with Gasteiger partial charge in [0.25, 0.3) is 0 Å². The average molecular weight is 193 g/mol. The number of hydrogen-bond donors (Lipinski definition) is 1. The third kappa shape index (κ3) is 2.20. The number of rotatable bonds is 1. The van der Waals surface area contributed by atoms with E-state index >= 15 is 0 Å². The van der Waals surface area contributed by atoms with Crippen LogP contribution >= 0.6 is 0 Å². The van der Waals surface area contributed by atoms with Crippen LogP contribution in [-0.4, -0.2) is 13.1 Å². The summed E-state index contributed by atoms with van der Waals surface area (Å²) in [5.74, 6) is 0.942. The summed E-state index contributed by atoms with van der Waals surface area (Å²) in [4.78, 5) is 0. The summed E-state index contributed by atoms with van der Waals surface area (Å²) in [6.07, 6.45) is 9.80. The van der Waals surface area contributed by atoms with Gasteiger partial charge in [-0.3, -0.25) is 0 Å². The first-order chi connectivity index (χ1) is 6.92. The number of hydrogen-bond acceptors (Lipinski definition) is 1. The lowest BCUT2D eigenvalue weighted by atomic mass is 9.78. The molecule has 1 heteroatoms. The van der Waals surface area contributed by atoms with Gasteiger partial charge in [0, 0.05) is 0 Å². The van der Waals surface area contributed by atoms with Gasteiger partial charge in [0.2, 0.25) is 0 Å². The molecule has 1 saturated heterocycles. The first-order valence-corrected chi connectivity index (χ1v) is 6.33. The Hall–Kier alpha value is -0.300. The predicted molar refractivity (Wildman–Crippen MR) is 61.4 cm³/mol. The summed E-state index contributed by atoms with van der Waals surface area (Å²) in [6.45, 7) is 4.79. The molecular weight excluding hydrogens is 170 g/mol. The van der Waals surface area contributed by atoms with Crippen LogP contribution in [0.1, 0.15) is 51.9 Å². The summed E-state index contributed by atoms with van der Waals surface area (Å²) >= 11 is 0. The minimum atomic E-state index is 0.942. The monoisotopic (exact) mass is 193 g/mol. The van der Waals surface area contributed by atoms with Crippen LogP contribution in [0.4, 0.5) is 0 Å². The first kappa shape index (κ1) is 10.2. The van der Waals surface area contributed by atoms with Crippen molar-refractivity contribution in [3.05, 3.63) is 11.1 Å². The van der Waals surface area contributed by atoms with E-state index in [2.05, 4.69) is 12.2 Å². The Kier molecular flexibility index (Phi) is 3.63. The van der Waals surface area contributed by atoms with Gasteiger partial charge in [-0.15, -0.1) is 0 Å². The number of allylic oxidation sites excluding steroid dienone is 1. The van der Waals surface area contributed by atoms with E-state index in [4.69, 9.17) is 0 Å². The van der Waals surface area contributed by atoms with Crippen molar-refractivity contribution in [2.24, 2.45) is 5.92 Å². The Labute approximate surface area is 88.0 Å². The second-order valence-electron chi connectivity index (χ2n) is 4.73. The lowest BCUT2D eigenvalue weighted by Crippen LogP contribution is -2.25. The Balaban J connectivity index is 2.10. The van der Waals surface area contributed by atoms with Crippen LogP contribution in [-0.2, 0) is 0 Å². The molecule has 0 spiro atoms. The van der Waals surface area contributed by atoms with Crippen molar-refractivity contribution in [1.29, 1.82) is 0 Å². The maximum absolute atomic E-state index is 3.45. The van der Waals surface area contributed by atoms with Crippen LogP contribution < -0.4 is 5.32 Å². The van der Waals surface area contributed by atoms with Gasteiger partial charge < -0.3 is 5.32 Å². The minimum Gasteiger partial charge on any atom is -0.316 e. The standard InChI is InChI=1S/C13H23N/c1-2-11-5-3-4-6-13(11)12-7-9-14-10-8-12/h11,14H,2-10H2,1H3. The Bertz CT molecular complexity index is 209. The van der Waals surface area contributed by atoms with E-state index in [9.17, 15) is 0 Å². The zero-order chi connectivity index (χ0) is 9.80. The SMILES string of the molecule is CCC1CCCCC1=C1CCNCC1. The van der Waals surface area contributed by atoms with Crippen LogP contribution in [0.2, 0.25) is 0 Å². The van der Waals surface area contributed by atoms with E-state index in [1.165, 1.54) is 58.0 Å². The normalized spacial score (nSPS) is 29.4. The first-order valence-electron chi connectivity index (χ1n) is 6.33. The Morgan fingerprint density at radius 3 is 2.64 bits per heavy atom. The molecule has 1 aliphatic heterocycles. The van der Waals surface area contributed by atoms with Gasteiger partial charge in [0.05, 0.1) is 0 Å². The molecule has 1 heterocycles. The van der Waals surface area contributed by atoms with Gasteiger partial charge in [0.1, 0.15) is 0 Å². The highest BCUT2D eigenvalue weighted by molar-refractivity contribution is 5.20. The predicted octanol–water partition coefficient (Wildman–Crippen LogP) is 3.27. The van der Waals surface area contributed by atoms with Gasteiger partial charge in [-0.05, 0) is 57.5 Å².